The number of carbonyl (C=O) groups excluding carboxylic acids is 1. The van der Waals surface area contributed by atoms with Gasteiger partial charge in [-0.3, -0.25) is 4.79 Å². The van der Waals surface area contributed by atoms with Crippen LogP contribution in [-0.4, -0.2) is 53.7 Å². The lowest BCUT2D eigenvalue weighted by molar-refractivity contribution is 0.0890. The number of pyridine rings is 1. The minimum absolute atomic E-state index is 0.126. The Morgan fingerprint density at radius 1 is 1.20 bits per heavy atom. The van der Waals surface area contributed by atoms with E-state index in [1.807, 2.05) is 0 Å². The minimum atomic E-state index is -0.310. The van der Waals surface area contributed by atoms with E-state index >= 15 is 0 Å². The number of piperidine rings is 1. The van der Waals surface area contributed by atoms with Gasteiger partial charge in [0.1, 0.15) is 18.0 Å². The molecular formula is C27H28FN5O2. The Hall–Kier alpha value is -3.83. The van der Waals surface area contributed by atoms with Gasteiger partial charge in [0.2, 0.25) is 0 Å². The summed E-state index contributed by atoms with van der Waals surface area (Å²) in [5.74, 6) is 6.44. The zero-order valence-electron chi connectivity index (χ0n) is 19.7. The van der Waals surface area contributed by atoms with E-state index in [1.54, 1.807) is 43.9 Å². The normalized spacial score (nSPS) is 15.3. The fraction of sp³-hybridized carbons (Fsp3) is 0.333. The topological polar surface area (TPSA) is 80.2 Å². The van der Waals surface area contributed by atoms with Gasteiger partial charge in [0.05, 0.1) is 17.2 Å². The summed E-state index contributed by atoms with van der Waals surface area (Å²) in [6.07, 6.45) is 10.3. The average molecular weight is 474 g/mol. The molecule has 1 amide bonds. The number of methoxy groups -OCH3 is 1. The maximum atomic E-state index is 13.3. The molecule has 1 N–H and O–H groups in total. The summed E-state index contributed by atoms with van der Waals surface area (Å²) in [6, 6.07) is 7.79. The first-order chi connectivity index (χ1) is 17.1. The molecule has 0 saturated carbocycles. The van der Waals surface area contributed by atoms with Crippen LogP contribution >= 0.6 is 0 Å². The summed E-state index contributed by atoms with van der Waals surface area (Å²) in [5.41, 5.74) is 2.81. The average Bonchev–Trinajstić information content (AvgIpc) is 2.91. The molecular weight excluding hydrogens is 445 g/mol. The van der Waals surface area contributed by atoms with Crippen LogP contribution in [0.25, 0.3) is 0 Å². The van der Waals surface area contributed by atoms with Crippen LogP contribution in [-0.2, 0) is 11.2 Å². The molecule has 7 nitrogen and oxygen atoms in total. The molecule has 3 heterocycles. The van der Waals surface area contributed by atoms with Gasteiger partial charge in [0.15, 0.2) is 0 Å². The van der Waals surface area contributed by atoms with Crippen molar-refractivity contribution in [1.82, 2.24) is 20.3 Å². The van der Waals surface area contributed by atoms with E-state index in [2.05, 4.69) is 37.0 Å². The van der Waals surface area contributed by atoms with Gasteiger partial charge in [0.25, 0.3) is 5.91 Å². The number of hydrogen-bond acceptors (Lipinski definition) is 6. The van der Waals surface area contributed by atoms with Gasteiger partial charge in [0, 0.05) is 50.9 Å². The third kappa shape index (κ3) is 6.84. The van der Waals surface area contributed by atoms with Crippen molar-refractivity contribution in [3.63, 3.8) is 0 Å². The number of nitrogens with one attached hydrogen (secondary N) is 1. The number of benzene rings is 1. The zero-order valence-corrected chi connectivity index (χ0v) is 19.7. The molecule has 0 spiro atoms. The van der Waals surface area contributed by atoms with Crippen LogP contribution in [0.4, 0.5) is 10.2 Å². The highest BCUT2D eigenvalue weighted by atomic mass is 19.1. The number of nitrogens with zero attached hydrogens (tertiary/aromatic N) is 4. The largest absolute Gasteiger partial charge is 0.380 e. The lowest BCUT2D eigenvalue weighted by atomic mass is 10.1. The van der Waals surface area contributed by atoms with Gasteiger partial charge in [-0.05, 0) is 61.6 Å². The third-order valence-corrected chi connectivity index (χ3v) is 5.87. The number of amides is 1. The second kappa shape index (κ2) is 12.0. The van der Waals surface area contributed by atoms with Crippen molar-refractivity contribution in [3.8, 4) is 11.8 Å². The lowest BCUT2D eigenvalue weighted by Gasteiger charge is -2.33. The van der Waals surface area contributed by atoms with E-state index in [0.29, 0.717) is 29.8 Å². The molecule has 1 unspecified atom stereocenters. The number of carbonyl (C=O) groups is 1. The quantitative estimate of drug-likeness (QED) is 0.419. The first kappa shape index (κ1) is 24.3. The van der Waals surface area contributed by atoms with Gasteiger partial charge in [-0.15, -0.1) is 0 Å². The molecule has 1 aliphatic heterocycles. The monoisotopic (exact) mass is 473 g/mol. The van der Waals surface area contributed by atoms with E-state index in [0.717, 1.165) is 43.6 Å². The number of anilines is 1. The Morgan fingerprint density at radius 3 is 2.77 bits per heavy atom. The number of ether oxygens (including phenoxy) is 1. The van der Waals surface area contributed by atoms with Crippen molar-refractivity contribution >= 4 is 11.7 Å². The van der Waals surface area contributed by atoms with Crippen molar-refractivity contribution < 1.29 is 13.9 Å². The predicted octanol–water partition coefficient (Wildman–Crippen LogP) is 3.39. The molecule has 1 fully saturated rings. The van der Waals surface area contributed by atoms with Gasteiger partial charge in [-0.2, -0.15) is 0 Å². The number of aromatic nitrogens is 3. The number of hydrogen-bond donors (Lipinski definition) is 1. The molecule has 1 saturated heterocycles. The van der Waals surface area contributed by atoms with Crippen LogP contribution in [0.5, 0.6) is 0 Å². The van der Waals surface area contributed by atoms with E-state index in [4.69, 9.17) is 4.74 Å². The van der Waals surface area contributed by atoms with Gasteiger partial charge < -0.3 is 15.0 Å². The van der Waals surface area contributed by atoms with Crippen molar-refractivity contribution in [3.05, 3.63) is 83.3 Å². The Labute approximate surface area is 204 Å². The number of rotatable bonds is 7. The van der Waals surface area contributed by atoms with Gasteiger partial charge in [-0.1, -0.05) is 11.8 Å². The lowest BCUT2D eigenvalue weighted by Crippen LogP contribution is -2.40. The second-order valence-corrected chi connectivity index (χ2v) is 8.40. The molecule has 0 radical (unpaired) electrons. The Morgan fingerprint density at radius 2 is 2.00 bits per heavy atom. The highest BCUT2D eigenvalue weighted by Gasteiger charge is 2.23. The summed E-state index contributed by atoms with van der Waals surface area (Å²) in [7, 11) is 1.72. The van der Waals surface area contributed by atoms with E-state index in [9.17, 15) is 9.18 Å². The SMILES string of the molecule is COC1CCCN(c2ncc(C(=O)NCCCc3cncnc3)cc2C#Cc2ccc(F)cc2)C1. The van der Waals surface area contributed by atoms with Gasteiger partial charge >= 0.3 is 0 Å². The molecule has 1 aliphatic rings. The Bertz CT molecular complexity index is 1190. The molecule has 1 atom stereocenters. The standard InChI is InChI=1S/C27H28FN5O2/c1-35-25-5-3-13-33(18-25)26-22(9-6-20-7-10-24(28)11-8-20)14-23(17-32-26)27(34)31-12-2-4-21-15-29-19-30-16-21/h7-8,10-11,14-17,19,25H,2-5,12-13,18H2,1H3,(H,31,34). The van der Waals surface area contributed by atoms with Crippen LogP contribution in [0.3, 0.4) is 0 Å². The molecule has 2 aromatic heterocycles. The van der Waals surface area contributed by atoms with Crippen LogP contribution in [0.15, 0.2) is 55.2 Å². The molecule has 0 bridgehead atoms. The summed E-state index contributed by atoms with van der Waals surface area (Å²) >= 11 is 0. The summed E-state index contributed by atoms with van der Waals surface area (Å²) in [4.78, 5) is 27.6. The number of aryl methyl sites for hydroxylation is 1. The summed E-state index contributed by atoms with van der Waals surface area (Å²) in [6.45, 7) is 2.07. The maximum Gasteiger partial charge on any atom is 0.252 e. The van der Waals surface area contributed by atoms with Crippen molar-refractivity contribution in [2.24, 2.45) is 0 Å². The zero-order chi connectivity index (χ0) is 24.5. The second-order valence-electron chi connectivity index (χ2n) is 8.40. The smallest absolute Gasteiger partial charge is 0.252 e. The Balaban J connectivity index is 1.50. The maximum absolute atomic E-state index is 13.3. The first-order valence-corrected chi connectivity index (χ1v) is 11.7. The fourth-order valence-corrected chi connectivity index (χ4v) is 3.98. The Kier molecular flexibility index (Phi) is 8.36. The predicted molar refractivity (Wildman–Crippen MR) is 132 cm³/mol. The van der Waals surface area contributed by atoms with E-state index in [1.165, 1.54) is 18.5 Å². The van der Waals surface area contributed by atoms with E-state index < -0.39 is 0 Å². The fourth-order valence-electron chi connectivity index (χ4n) is 3.98. The molecule has 3 aromatic rings. The molecule has 180 valence electrons. The summed E-state index contributed by atoms with van der Waals surface area (Å²) in [5, 5.41) is 2.95. The third-order valence-electron chi connectivity index (χ3n) is 5.87. The van der Waals surface area contributed by atoms with Crippen LogP contribution in [0.1, 0.15) is 46.3 Å². The van der Waals surface area contributed by atoms with Gasteiger partial charge in [-0.25, -0.2) is 19.3 Å². The van der Waals surface area contributed by atoms with Crippen molar-refractivity contribution in [2.45, 2.75) is 31.8 Å². The van der Waals surface area contributed by atoms with Crippen molar-refractivity contribution in [2.75, 3.05) is 31.6 Å². The highest BCUT2D eigenvalue weighted by molar-refractivity contribution is 5.94. The molecule has 1 aromatic carbocycles. The minimum Gasteiger partial charge on any atom is -0.380 e. The first-order valence-electron chi connectivity index (χ1n) is 11.7. The van der Waals surface area contributed by atoms with Crippen LogP contribution in [0, 0.1) is 17.7 Å². The van der Waals surface area contributed by atoms with Crippen LogP contribution < -0.4 is 10.2 Å². The molecule has 35 heavy (non-hydrogen) atoms. The highest BCUT2D eigenvalue weighted by Crippen LogP contribution is 2.23. The molecule has 4 rings (SSSR count). The molecule has 8 heteroatoms. The van der Waals surface area contributed by atoms with Crippen molar-refractivity contribution in [1.29, 1.82) is 0 Å². The number of halogens is 1. The van der Waals surface area contributed by atoms with E-state index in [-0.39, 0.29) is 17.8 Å². The summed E-state index contributed by atoms with van der Waals surface area (Å²) < 4.78 is 18.8. The molecule has 0 aliphatic carbocycles. The van der Waals surface area contributed by atoms with Crippen LogP contribution in [0.2, 0.25) is 0 Å².